The van der Waals surface area contributed by atoms with Gasteiger partial charge in [0.25, 0.3) is 11.8 Å². The molecule has 162 valence electrons. The molecule has 5 rings (SSSR count). The fraction of sp³-hybridized carbons (Fsp3) is 0.231. The third-order valence-corrected chi connectivity index (χ3v) is 7.18. The first-order chi connectivity index (χ1) is 15.5. The Morgan fingerprint density at radius 1 is 0.844 bits per heavy atom. The number of carbonyl (C=O) groups excluding carboxylic acids is 2. The second-order valence-electron chi connectivity index (χ2n) is 8.26. The molecular weight excluding hydrogens is 418 g/mol. The van der Waals surface area contributed by atoms with Crippen molar-refractivity contribution in [2.24, 2.45) is 0 Å². The highest BCUT2D eigenvalue weighted by atomic mass is 32.1. The van der Waals surface area contributed by atoms with Crippen molar-refractivity contribution >= 4 is 45.8 Å². The zero-order valence-electron chi connectivity index (χ0n) is 18.2. The first kappa shape index (κ1) is 20.5. The fourth-order valence-corrected chi connectivity index (χ4v) is 5.11. The van der Waals surface area contributed by atoms with Crippen molar-refractivity contribution in [3.05, 3.63) is 81.7 Å². The Labute approximate surface area is 192 Å². The van der Waals surface area contributed by atoms with Gasteiger partial charge in [0.1, 0.15) is 5.70 Å². The lowest BCUT2D eigenvalue weighted by molar-refractivity contribution is -0.120. The van der Waals surface area contributed by atoms with Crippen LogP contribution in [0.4, 0.5) is 17.1 Å². The number of rotatable bonds is 5. The van der Waals surface area contributed by atoms with E-state index in [1.54, 1.807) is 0 Å². The summed E-state index contributed by atoms with van der Waals surface area (Å²) in [5.41, 5.74) is 5.49. The van der Waals surface area contributed by atoms with Crippen LogP contribution in [-0.2, 0) is 9.59 Å². The van der Waals surface area contributed by atoms with Crippen molar-refractivity contribution in [1.29, 1.82) is 0 Å². The van der Waals surface area contributed by atoms with E-state index in [0.29, 0.717) is 17.0 Å². The molecule has 0 saturated carbocycles. The van der Waals surface area contributed by atoms with Crippen molar-refractivity contribution in [2.45, 2.75) is 26.7 Å². The molecule has 2 aromatic carbocycles. The average Bonchev–Trinajstić information content (AvgIpc) is 3.54. The lowest BCUT2D eigenvalue weighted by Crippen LogP contribution is -2.32. The summed E-state index contributed by atoms with van der Waals surface area (Å²) in [5, 5.41) is 5.21. The number of anilines is 3. The molecular formula is C26H25N3O2S. The summed E-state index contributed by atoms with van der Waals surface area (Å²) in [6, 6.07) is 17.4. The van der Waals surface area contributed by atoms with Gasteiger partial charge < -0.3 is 10.2 Å². The summed E-state index contributed by atoms with van der Waals surface area (Å²) in [6.45, 7) is 6.15. The lowest BCUT2D eigenvalue weighted by atomic mass is 10.1. The van der Waals surface area contributed by atoms with Gasteiger partial charge in [-0.15, -0.1) is 11.3 Å². The maximum atomic E-state index is 13.5. The molecule has 2 amide bonds. The SMILES string of the molecule is Cc1cccc(NC2=C(c3cccs3)C(=O)N(c3ccc(N4CCCC4)cc3)C2=O)c1C. The molecule has 6 heteroatoms. The Bertz CT molecular complexity index is 1210. The first-order valence-corrected chi connectivity index (χ1v) is 11.8. The number of aryl methyl sites for hydroxylation is 1. The molecule has 1 saturated heterocycles. The highest BCUT2D eigenvalue weighted by Gasteiger charge is 2.40. The molecule has 32 heavy (non-hydrogen) atoms. The standard InChI is InChI=1S/C26H25N3O2S/c1-17-7-5-8-21(18(17)2)27-24-23(22-9-6-16-32-22)25(30)29(26(24)31)20-12-10-19(11-13-20)28-14-3-4-15-28/h5-13,16,27H,3-4,14-15H2,1-2H3. The third-order valence-electron chi connectivity index (χ3n) is 6.29. The highest BCUT2D eigenvalue weighted by molar-refractivity contribution is 7.11. The summed E-state index contributed by atoms with van der Waals surface area (Å²) >= 11 is 1.46. The Balaban J connectivity index is 1.51. The maximum Gasteiger partial charge on any atom is 0.282 e. The van der Waals surface area contributed by atoms with E-state index in [2.05, 4.69) is 10.2 Å². The van der Waals surface area contributed by atoms with Crippen LogP contribution in [0, 0.1) is 13.8 Å². The molecule has 0 atom stereocenters. The number of thiophene rings is 1. The van der Waals surface area contributed by atoms with Gasteiger partial charge in [-0.2, -0.15) is 0 Å². The van der Waals surface area contributed by atoms with E-state index in [-0.39, 0.29) is 11.8 Å². The number of imide groups is 1. The predicted octanol–water partition coefficient (Wildman–Crippen LogP) is 5.36. The Kier molecular flexibility index (Phi) is 5.31. The number of hydrogen-bond acceptors (Lipinski definition) is 5. The van der Waals surface area contributed by atoms with E-state index >= 15 is 0 Å². The van der Waals surface area contributed by atoms with Crippen molar-refractivity contribution in [3.8, 4) is 0 Å². The summed E-state index contributed by atoms with van der Waals surface area (Å²) in [7, 11) is 0. The van der Waals surface area contributed by atoms with Crippen LogP contribution in [0.25, 0.3) is 5.57 Å². The summed E-state index contributed by atoms with van der Waals surface area (Å²) in [5.74, 6) is -0.618. The van der Waals surface area contributed by atoms with E-state index in [9.17, 15) is 9.59 Å². The number of benzene rings is 2. The molecule has 0 bridgehead atoms. The lowest BCUT2D eigenvalue weighted by Gasteiger charge is -2.20. The van der Waals surface area contributed by atoms with Crippen LogP contribution in [0.15, 0.2) is 65.7 Å². The zero-order valence-corrected chi connectivity index (χ0v) is 19.0. The minimum Gasteiger partial charge on any atom is -0.372 e. The van der Waals surface area contributed by atoms with Crippen molar-refractivity contribution in [2.75, 3.05) is 28.2 Å². The van der Waals surface area contributed by atoms with E-state index in [1.165, 1.54) is 29.1 Å². The highest BCUT2D eigenvalue weighted by Crippen LogP contribution is 2.36. The van der Waals surface area contributed by atoms with E-state index in [0.717, 1.165) is 40.5 Å². The molecule has 1 aromatic heterocycles. The zero-order chi connectivity index (χ0) is 22.2. The molecule has 1 N–H and O–H groups in total. The van der Waals surface area contributed by atoms with Crippen molar-refractivity contribution < 1.29 is 9.59 Å². The van der Waals surface area contributed by atoms with Gasteiger partial charge in [0, 0.05) is 29.3 Å². The van der Waals surface area contributed by atoms with Gasteiger partial charge in [0.15, 0.2) is 0 Å². The normalized spacial score (nSPS) is 16.4. The monoisotopic (exact) mass is 443 g/mol. The quantitative estimate of drug-likeness (QED) is 0.539. The number of carbonyl (C=O) groups is 2. The molecule has 0 aliphatic carbocycles. The van der Waals surface area contributed by atoms with Gasteiger partial charge in [0.05, 0.1) is 11.3 Å². The van der Waals surface area contributed by atoms with Crippen LogP contribution < -0.4 is 15.1 Å². The average molecular weight is 444 g/mol. The van der Waals surface area contributed by atoms with Crippen LogP contribution in [-0.4, -0.2) is 24.9 Å². The molecule has 2 aliphatic heterocycles. The fourth-order valence-electron chi connectivity index (χ4n) is 4.34. The van der Waals surface area contributed by atoms with Crippen molar-refractivity contribution in [3.63, 3.8) is 0 Å². The van der Waals surface area contributed by atoms with Crippen molar-refractivity contribution in [1.82, 2.24) is 0 Å². The smallest absolute Gasteiger partial charge is 0.282 e. The van der Waals surface area contributed by atoms with Crippen LogP contribution in [0.5, 0.6) is 0 Å². The van der Waals surface area contributed by atoms with Gasteiger partial charge in [0.2, 0.25) is 0 Å². The summed E-state index contributed by atoms with van der Waals surface area (Å²) in [6.07, 6.45) is 2.40. The van der Waals surface area contributed by atoms with Gasteiger partial charge in [-0.05, 0) is 79.6 Å². The Morgan fingerprint density at radius 2 is 1.56 bits per heavy atom. The van der Waals surface area contributed by atoms with Crippen LogP contribution in [0.1, 0.15) is 28.8 Å². The van der Waals surface area contributed by atoms with Crippen LogP contribution >= 0.6 is 11.3 Å². The molecule has 0 spiro atoms. The third kappa shape index (κ3) is 3.50. The molecule has 3 heterocycles. The van der Waals surface area contributed by atoms with E-state index < -0.39 is 0 Å². The number of amides is 2. The topological polar surface area (TPSA) is 52.7 Å². The van der Waals surface area contributed by atoms with E-state index in [4.69, 9.17) is 0 Å². The molecule has 3 aromatic rings. The Morgan fingerprint density at radius 3 is 2.25 bits per heavy atom. The summed E-state index contributed by atoms with van der Waals surface area (Å²) < 4.78 is 0. The second-order valence-corrected chi connectivity index (χ2v) is 9.20. The van der Waals surface area contributed by atoms with Gasteiger partial charge in [-0.25, -0.2) is 4.90 Å². The van der Waals surface area contributed by atoms with Gasteiger partial charge >= 0.3 is 0 Å². The van der Waals surface area contributed by atoms with Gasteiger partial charge in [-0.3, -0.25) is 9.59 Å². The van der Waals surface area contributed by atoms with Crippen LogP contribution in [0.3, 0.4) is 0 Å². The second kappa shape index (κ2) is 8.28. The predicted molar refractivity (Wildman–Crippen MR) is 131 cm³/mol. The van der Waals surface area contributed by atoms with Crippen LogP contribution in [0.2, 0.25) is 0 Å². The molecule has 5 nitrogen and oxygen atoms in total. The number of nitrogens with zero attached hydrogens (tertiary/aromatic N) is 2. The minimum absolute atomic E-state index is 0.292. The number of nitrogens with one attached hydrogen (secondary N) is 1. The molecule has 0 unspecified atom stereocenters. The number of hydrogen-bond donors (Lipinski definition) is 1. The minimum atomic E-state index is -0.326. The first-order valence-electron chi connectivity index (χ1n) is 10.9. The van der Waals surface area contributed by atoms with Gasteiger partial charge in [-0.1, -0.05) is 18.2 Å². The summed E-state index contributed by atoms with van der Waals surface area (Å²) in [4.78, 5) is 31.5. The van der Waals surface area contributed by atoms with E-state index in [1.807, 2.05) is 73.8 Å². The molecule has 2 aliphatic rings. The largest absolute Gasteiger partial charge is 0.372 e. The molecule has 0 radical (unpaired) electrons. The maximum absolute atomic E-state index is 13.5. The molecule has 1 fully saturated rings. The Hall–Kier alpha value is -3.38.